The van der Waals surface area contributed by atoms with Gasteiger partial charge in [0.1, 0.15) is 5.82 Å². The second-order valence-corrected chi connectivity index (χ2v) is 5.77. The van der Waals surface area contributed by atoms with Gasteiger partial charge < -0.3 is 5.32 Å². The molecule has 3 heteroatoms. The van der Waals surface area contributed by atoms with Crippen LogP contribution in [0.3, 0.4) is 0 Å². The van der Waals surface area contributed by atoms with Crippen LogP contribution in [0, 0.1) is 11.2 Å². The molecule has 0 radical (unpaired) electrons. The molecule has 1 unspecified atom stereocenters. The average molecular weight is 302 g/mol. The molecule has 0 bridgehead atoms. The van der Waals surface area contributed by atoms with Gasteiger partial charge in [-0.25, -0.2) is 4.39 Å². The fourth-order valence-electron chi connectivity index (χ4n) is 1.88. The maximum Gasteiger partial charge on any atom is 0.126 e. The molecular weight excluding hydrogens is 281 g/mol. The smallest absolute Gasteiger partial charge is 0.126 e. The van der Waals surface area contributed by atoms with Crippen molar-refractivity contribution in [1.82, 2.24) is 5.32 Å². The molecule has 1 N–H and O–H groups in total. The fraction of sp³-hybridized carbons (Fsp3) is 0.571. The Morgan fingerprint density at radius 2 is 2.06 bits per heavy atom. The number of rotatable bonds is 6. The van der Waals surface area contributed by atoms with Crippen LogP contribution in [0.15, 0.2) is 22.7 Å². The van der Waals surface area contributed by atoms with E-state index in [1.54, 1.807) is 6.07 Å². The van der Waals surface area contributed by atoms with Crippen molar-refractivity contribution in [2.75, 3.05) is 13.1 Å². The van der Waals surface area contributed by atoms with Crippen LogP contribution in [-0.2, 0) is 6.42 Å². The molecule has 1 aromatic rings. The van der Waals surface area contributed by atoms with Gasteiger partial charge in [-0.05, 0) is 48.6 Å². The molecule has 0 saturated heterocycles. The van der Waals surface area contributed by atoms with E-state index in [2.05, 4.69) is 42.0 Å². The minimum Gasteiger partial charge on any atom is -0.316 e. The molecule has 1 atom stereocenters. The first-order valence-electron chi connectivity index (χ1n) is 6.15. The second-order valence-electron chi connectivity index (χ2n) is 4.86. The van der Waals surface area contributed by atoms with Crippen molar-refractivity contribution in [3.05, 3.63) is 34.1 Å². The Bertz CT molecular complexity index is 367. The number of hydrogen-bond donors (Lipinski definition) is 1. The minimum absolute atomic E-state index is 0.107. The van der Waals surface area contributed by atoms with Crippen molar-refractivity contribution in [1.29, 1.82) is 0 Å². The van der Waals surface area contributed by atoms with E-state index >= 15 is 0 Å². The molecule has 17 heavy (non-hydrogen) atoms. The summed E-state index contributed by atoms with van der Waals surface area (Å²) in [6.07, 6.45) is 1.80. The summed E-state index contributed by atoms with van der Waals surface area (Å²) < 4.78 is 14.7. The van der Waals surface area contributed by atoms with Crippen molar-refractivity contribution in [3.8, 4) is 0 Å². The van der Waals surface area contributed by atoms with Gasteiger partial charge in [0, 0.05) is 11.0 Å². The normalized spacial score (nSPS) is 14.6. The third kappa shape index (κ3) is 4.40. The molecule has 96 valence electrons. The predicted octanol–water partition coefficient (Wildman–Crippen LogP) is 4.16. The lowest BCUT2D eigenvalue weighted by molar-refractivity contribution is 0.289. The van der Waals surface area contributed by atoms with E-state index < -0.39 is 0 Å². The number of hydrogen-bond acceptors (Lipinski definition) is 1. The van der Waals surface area contributed by atoms with E-state index in [-0.39, 0.29) is 11.2 Å². The van der Waals surface area contributed by atoms with Crippen LogP contribution in [0.25, 0.3) is 0 Å². The summed E-state index contributed by atoms with van der Waals surface area (Å²) >= 11 is 3.40. The van der Waals surface area contributed by atoms with Gasteiger partial charge in [-0.2, -0.15) is 0 Å². The maximum absolute atomic E-state index is 13.7. The van der Waals surface area contributed by atoms with Gasteiger partial charge >= 0.3 is 0 Å². The SMILES string of the molecule is CCNCC(C)(CC)Cc1cc(Br)ccc1F. The minimum atomic E-state index is -0.107. The highest BCUT2D eigenvalue weighted by Crippen LogP contribution is 2.28. The van der Waals surface area contributed by atoms with Crippen molar-refractivity contribution in [2.24, 2.45) is 5.41 Å². The standard InChI is InChI=1S/C14H21BrFN/c1-4-14(3,10-17-5-2)9-11-8-12(15)6-7-13(11)16/h6-8,17H,4-5,9-10H2,1-3H3. The molecule has 0 aliphatic heterocycles. The van der Waals surface area contributed by atoms with E-state index in [0.29, 0.717) is 0 Å². The lowest BCUT2D eigenvalue weighted by Crippen LogP contribution is -2.33. The van der Waals surface area contributed by atoms with E-state index in [0.717, 1.165) is 36.0 Å². The van der Waals surface area contributed by atoms with Gasteiger partial charge in [0.05, 0.1) is 0 Å². The van der Waals surface area contributed by atoms with E-state index in [9.17, 15) is 4.39 Å². The first-order chi connectivity index (χ1) is 8.00. The maximum atomic E-state index is 13.7. The molecule has 0 aliphatic rings. The summed E-state index contributed by atoms with van der Waals surface area (Å²) in [6.45, 7) is 8.33. The third-order valence-electron chi connectivity index (χ3n) is 3.28. The zero-order valence-corrected chi connectivity index (χ0v) is 12.4. The molecule has 0 amide bonds. The Morgan fingerprint density at radius 1 is 1.35 bits per heavy atom. The summed E-state index contributed by atoms with van der Waals surface area (Å²) in [7, 11) is 0. The van der Waals surface area contributed by atoms with Gasteiger partial charge in [0.25, 0.3) is 0 Å². The first kappa shape index (κ1) is 14.7. The Balaban J connectivity index is 2.82. The quantitative estimate of drug-likeness (QED) is 0.832. The molecule has 0 aliphatic carbocycles. The van der Waals surface area contributed by atoms with Crippen molar-refractivity contribution in [2.45, 2.75) is 33.6 Å². The molecule has 1 nitrogen and oxygen atoms in total. The van der Waals surface area contributed by atoms with Gasteiger partial charge in [-0.15, -0.1) is 0 Å². The van der Waals surface area contributed by atoms with Crippen molar-refractivity contribution >= 4 is 15.9 Å². The molecule has 0 spiro atoms. The Morgan fingerprint density at radius 3 is 2.65 bits per heavy atom. The Kier molecular flexibility index (Phi) is 5.60. The highest BCUT2D eigenvalue weighted by Gasteiger charge is 2.23. The monoisotopic (exact) mass is 301 g/mol. The largest absolute Gasteiger partial charge is 0.316 e. The third-order valence-corrected chi connectivity index (χ3v) is 3.77. The summed E-state index contributed by atoms with van der Waals surface area (Å²) in [5.74, 6) is -0.107. The summed E-state index contributed by atoms with van der Waals surface area (Å²) in [5.41, 5.74) is 0.902. The number of benzene rings is 1. The zero-order valence-electron chi connectivity index (χ0n) is 10.8. The number of halogens is 2. The van der Waals surface area contributed by atoms with Crippen LogP contribution in [0.5, 0.6) is 0 Å². The first-order valence-corrected chi connectivity index (χ1v) is 6.94. The highest BCUT2D eigenvalue weighted by molar-refractivity contribution is 9.10. The van der Waals surface area contributed by atoms with E-state index in [1.807, 2.05) is 6.07 Å². The van der Waals surface area contributed by atoms with Crippen molar-refractivity contribution < 1.29 is 4.39 Å². The molecule has 0 aromatic heterocycles. The second kappa shape index (κ2) is 6.50. The predicted molar refractivity (Wildman–Crippen MR) is 74.7 cm³/mol. The molecule has 1 rings (SSSR count). The Labute approximate surface area is 112 Å². The highest BCUT2D eigenvalue weighted by atomic mass is 79.9. The topological polar surface area (TPSA) is 12.0 Å². The Hall–Kier alpha value is -0.410. The molecule has 0 saturated carbocycles. The van der Waals surface area contributed by atoms with Crippen LogP contribution < -0.4 is 5.32 Å². The van der Waals surface area contributed by atoms with Crippen LogP contribution in [-0.4, -0.2) is 13.1 Å². The van der Waals surface area contributed by atoms with Crippen molar-refractivity contribution in [3.63, 3.8) is 0 Å². The summed E-state index contributed by atoms with van der Waals surface area (Å²) in [6, 6.07) is 5.16. The molecule has 1 aromatic carbocycles. The molecule has 0 fully saturated rings. The lowest BCUT2D eigenvalue weighted by atomic mass is 9.81. The van der Waals surface area contributed by atoms with Gasteiger partial charge in [0.2, 0.25) is 0 Å². The van der Waals surface area contributed by atoms with Crippen LogP contribution in [0.1, 0.15) is 32.8 Å². The number of nitrogens with one attached hydrogen (secondary N) is 1. The van der Waals surface area contributed by atoms with E-state index in [4.69, 9.17) is 0 Å². The van der Waals surface area contributed by atoms with Gasteiger partial charge in [-0.3, -0.25) is 0 Å². The molecular formula is C14H21BrFN. The zero-order chi connectivity index (χ0) is 12.9. The van der Waals surface area contributed by atoms with Crippen LogP contribution in [0.2, 0.25) is 0 Å². The van der Waals surface area contributed by atoms with Crippen LogP contribution >= 0.6 is 15.9 Å². The van der Waals surface area contributed by atoms with Crippen LogP contribution in [0.4, 0.5) is 4.39 Å². The summed E-state index contributed by atoms with van der Waals surface area (Å²) in [5, 5.41) is 3.36. The van der Waals surface area contributed by atoms with Gasteiger partial charge in [-0.1, -0.05) is 36.7 Å². The molecule has 0 heterocycles. The summed E-state index contributed by atoms with van der Waals surface area (Å²) in [4.78, 5) is 0. The van der Waals surface area contributed by atoms with E-state index in [1.165, 1.54) is 6.07 Å². The fourth-order valence-corrected chi connectivity index (χ4v) is 2.29. The van der Waals surface area contributed by atoms with Gasteiger partial charge in [0.15, 0.2) is 0 Å². The average Bonchev–Trinajstić information content (AvgIpc) is 2.31. The lowest BCUT2D eigenvalue weighted by Gasteiger charge is -2.29.